The largest absolute Gasteiger partial charge is 0.377 e. The number of ether oxygens (including phenoxy) is 1. The van der Waals surface area contributed by atoms with E-state index in [9.17, 15) is 0 Å². The van der Waals surface area contributed by atoms with E-state index in [-0.39, 0.29) is 6.10 Å². The maximum Gasteiger partial charge on any atom is 0.0641 e. The summed E-state index contributed by atoms with van der Waals surface area (Å²) < 4.78 is 7.62. The molecule has 1 aromatic rings. The van der Waals surface area contributed by atoms with Crippen molar-refractivity contribution in [3.63, 3.8) is 0 Å². The van der Waals surface area contributed by atoms with Crippen LogP contribution in [0.3, 0.4) is 0 Å². The van der Waals surface area contributed by atoms with Gasteiger partial charge in [-0.05, 0) is 40.8 Å². The van der Waals surface area contributed by atoms with Crippen LogP contribution in [0.4, 0.5) is 0 Å². The summed E-state index contributed by atoms with van der Waals surface area (Å²) in [5.41, 5.74) is 1.12. The molecule has 0 aromatic carbocycles. The van der Waals surface area contributed by atoms with Crippen LogP contribution in [0.25, 0.3) is 0 Å². The zero-order chi connectivity index (χ0) is 12.8. The van der Waals surface area contributed by atoms with Crippen LogP contribution in [-0.2, 0) is 11.2 Å². The molecule has 1 aromatic heterocycles. The van der Waals surface area contributed by atoms with Gasteiger partial charge in [0.2, 0.25) is 0 Å². The van der Waals surface area contributed by atoms with Gasteiger partial charge in [-0.2, -0.15) is 5.10 Å². The highest BCUT2D eigenvalue weighted by molar-refractivity contribution is 5.02. The van der Waals surface area contributed by atoms with Crippen molar-refractivity contribution >= 4 is 0 Å². The van der Waals surface area contributed by atoms with Gasteiger partial charge in [0, 0.05) is 24.7 Å². The van der Waals surface area contributed by atoms with E-state index in [4.69, 9.17) is 4.74 Å². The molecular weight excluding hydrogens is 214 g/mol. The molecule has 0 aliphatic heterocycles. The molecule has 0 spiro atoms. The van der Waals surface area contributed by atoms with Gasteiger partial charge in [-0.25, -0.2) is 0 Å². The number of hydrogen-bond donors (Lipinski definition) is 1. The molecule has 4 nitrogen and oxygen atoms in total. The molecule has 0 amide bonds. The molecule has 0 aliphatic carbocycles. The quantitative estimate of drug-likeness (QED) is 0.791. The summed E-state index contributed by atoms with van der Waals surface area (Å²) in [6, 6.07) is 2.83. The predicted molar refractivity (Wildman–Crippen MR) is 70.3 cm³/mol. The standard InChI is InChI=1S/C13H25N3O/c1-10(2)16-7-6-12(15-16)8-13(14-5)9-17-11(3)4/h6-7,10-11,13-14H,8-9H2,1-5H3. The minimum absolute atomic E-state index is 0.277. The lowest BCUT2D eigenvalue weighted by Gasteiger charge is -2.17. The fraction of sp³-hybridized carbons (Fsp3) is 0.769. The lowest BCUT2D eigenvalue weighted by Crippen LogP contribution is -2.33. The van der Waals surface area contributed by atoms with Crippen LogP contribution in [0.1, 0.15) is 39.4 Å². The topological polar surface area (TPSA) is 39.1 Å². The van der Waals surface area contributed by atoms with Crippen molar-refractivity contribution in [1.29, 1.82) is 0 Å². The second-order valence-corrected chi connectivity index (χ2v) is 4.95. The number of rotatable bonds is 7. The Morgan fingerprint density at radius 1 is 1.35 bits per heavy atom. The monoisotopic (exact) mass is 239 g/mol. The smallest absolute Gasteiger partial charge is 0.0641 e. The van der Waals surface area contributed by atoms with Gasteiger partial charge in [0.1, 0.15) is 0 Å². The third-order valence-corrected chi connectivity index (χ3v) is 2.69. The van der Waals surface area contributed by atoms with Gasteiger partial charge in [0.05, 0.1) is 18.4 Å². The van der Waals surface area contributed by atoms with E-state index in [0.717, 1.165) is 18.7 Å². The Morgan fingerprint density at radius 2 is 2.06 bits per heavy atom. The molecular formula is C13H25N3O. The van der Waals surface area contributed by atoms with E-state index >= 15 is 0 Å². The summed E-state index contributed by atoms with van der Waals surface area (Å²) in [7, 11) is 1.97. The fourth-order valence-corrected chi connectivity index (χ4v) is 1.58. The Hall–Kier alpha value is -0.870. The fourth-order valence-electron chi connectivity index (χ4n) is 1.58. The number of nitrogens with zero attached hydrogens (tertiary/aromatic N) is 2. The van der Waals surface area contributed by atoms with Crippen molar-refractivity contribution in [2.75, 3.05) is 13.7 Å². The van der Waals surface area contributed by atoms with Crippen molar-refractivity contribution in [3.8, 4) is 0 Å². The summed E-state index contributed by atoms with van der Waals surface area (Å²) in [5, 5.41) is 7.82. The third kappa shape index (κ3) is 4.88. The van der Waals surface area contributed by atoms with E-state index < -0.39 is 0 Å². The maximum atomic E-state index is 5.62. The van der Waals surface area contributed by atoms with Gasteiger partial charge in [0.15, 0.2) is 0 Å². The van der Waals surface area contributed by atoms with Crippen LogP contribution in [-0.4, -0.2) is 35.6 Å². The molecule has 0 bridgehead atoms. The summed E-state index contributed by atoms with van der Waals surface area (Å²) in [5.74, 6) is 0. The maximum absolute atomic E-state index is 5.62. The van der Waals surface area contributed by atoms with Crippen LogP contribution in [0.2, 0.25) is 0 Å². The van der Waals surface area contributed by atoms with Crippen LogP contribution < -0.4 is 5.32 Å². The van der Waals surface area contributed by atoms with E-state index in [0.29, 0.717) is 12.1 Å². The molecule has 17 heavy (non-hydrogen) atoms. The number of aromatic nitrogens is 2. The second-order valence-electron chi connectivity index (χ2n) is 4.95. The summed E-state index contributed by atoms with van der Waals surface area (Å²) >= 11 is 0. The average Bonchev–Trinajstić information content (AvgIpc) is 2.72. The Morgan fingerprint density at radius 3 is 2.53 bits per heavy atom. The Kier molecular flexibility index (Phi) is 5.65. The summed E-state index contributed by atoms with van der Waals surface area (Å²) in [6.45, 7) is 9.10. The van der Waals surface area contributed by atoms with Gasteiger partial charge in [0.25, 0.3) is 0 Å². The van der Waals surface area contributed by atoms with Crippen LogP contribution >= 0.6 is 0 Å². The zero-order valence-corrected chi connectivity index (χ0v) is 11.6. The van der Waals surface area contributed by atoms with Crippen LogP contribution in [0.15, 0.2) is 12.3 Å². The average molecular weight is 239 g/mol. The molecule has 0 saturated heterocycles. The molecule has 0 fully saturated rings. The minimum Gasteiger partial charge on any atom is -0.377 e. The first-order chi connectivity index (χ1) is 8.02. The molecule has 1 heterocycles. The number of nitrogens with one attached hydrogen (secondary N) is 1. The molecule has 0 saturated carbocycles. The Bertz CT molecular complexity index is 320. The van der Waals surface area contributed by atoms with Crippen molar-refractivity contribution in [2.24, 2.45) is 0 Å². The van der Waals surface area contributed by atoms with Crippen molar-refractivity contribution in [3.05, 3.63) is 18.0 Å². The predicted octanol–water partition coefficient (Wildman–Crippen LogP) is 2.02. The van der Waals surface area contributed by atoms with Gasteiger partial charge in [-0.15, -0.1) is 0 Å². The number of hydrogen-bond acceptors (Lipinski definition) is 3. The Labute approximate surface area is 104 Å². The van der Waals surface area contributed by atoms with E-state index in [1.54, 1.807) is 0 Å². The first kappa shape index (κ1) is 14.2. The molecule has 1 atom stereocenters. The van der Waals surface area contributed by atoms with Gasteiger partial charge < -0.3 is 10.1 Å². The zero-order valence-electron chi connectivity index (χ0n) is 11.6. The normalized spacial score (nSPS) is 13.6. The first-order valence-corrected chi connectivity index (χ1v) is 6.35. The molecule has 4 heteroatoms. The molecule has 1 N–H and O–H groups in total. The lowest BCUT2D eigenvalue weighted by atomic mass is 10.2. The molecule has 0 radical (unpaired) electrons. The molecule has 1 rings (SSSR count). The third-order valence-electron chi connectivity index (χ3n) is 2.69. The molecule has 0 aliphatic rings. The first-order valence-electron chi connectivity index (χ1n) is 6.35. The summed E-state index contributed by atoms with van der Waals surface area (Å²) in [6.07, 6.45) is 3.22. The molecule has 1 unspecified atom stereocenters. The minimum atomic E-state index is 0.277. The van der Waals surface area contributed by atoms with Crippen molar-refractivity contribution in [1.82, 2.24) is 15.1 Å². The van der Waals surface area contributed by atoms with Crippen molar-refractivity contribution in [2.45, 2.75) is 52.3 Å². The Balaban J connectivity index is 2.49. The summed E-state index contributed by atoms with van der Waals surface area (Å²) in [4.78, 5) is 0. The van der Waals surface area contributed by atoms with Gasteiger partial charge in [-0.1, -0.05) is 0 Å². The van der Waals surface area contributed by atoms with Gasteiger partial charge >= 0.3 is 0 Å². The number of likely N-dealkylation sites (N-methyl/N-ethyl adjacent to an activating group) is 1. The second kappa shape index (κ2) is 6.77. The van der Waals surface area contributed by atoms with E-state index in [2.05, 4.69) is 44.2 Å². The van der Waals surface area contributed by atoms with Gasteiger partial charge in [-0.3, -0.25) is 4.68 Å². The van der Waals surface area contributed by atoms with Crippen molar-refractivity contribution < 1.29 is 4.74 Å². The highest BCUT2D eigenvalue weighted by Crippen LogP contribution is 2.07. The van der Waals surface area contributed by atoms with E-state index in [1.807, 2.05) is 17.9 Å². The molecule has 98 valence electrons. The lowest BCUT2D eigenvalue weighted by molar-refractivity contribution is 0.0625. The SMILES string of the molecule is CNC(COC(C)C)Cc1ccn(C(C)C)n1. The highest BCUT2D eigenvalue weighted by atomic mass is 16.5. The van der Waals surface area contributed by atoms with Crippen LogP contribution in [0.5, 0.6) is 0 Å². The van der Waals surface area contributed by atoms with E-state index in [1.165, 1.54) is 0 Å². The van der Waals surface area contributed by atoms with Crippen LogP contribution in [0, 0.1) is 0 Å². The highest BCUT2D eigenvalue weighted by Gasteiger charge is 2.11.